The molecule has 3 aliphatic rings. The number of rotatable bonds is 4. The minimum Gasteiger partial charge on any atom is -0.478 e. The van der Waals surface area contributed by atoms with E-state index in [1.165, 1.54) is 4.31 Å². The predicted octanol–water partition coefficient (Wildman–Crippen LogP) is 3.54. The van der Waals surface area contributed by atoms with Gasteiger partial charge in [0.25, 0.3) is 0 Å². The fourth-order valence-electron chi connectivity index (χ4n) is 5.16. The summed E-state index contributed by atoms with van der Waals surface area (Å²) in [5, 5.41) is 13.1. The lowest BCUT2D eigenvalue weighted by molar-refractivity contribution is 0.0696. The lowest BCUT2D eigenvalue weighted by Gasteiger charge is -2.38. The van der Waals surface area contributed by atoms with Gasteiger partial charge in [-0.3, -0.25) is 0 Å². The van der Waals surface area contributed by atoms with E-state index in [0.29, 0.717) is 37.8 Å². The second-order valence-electron chi connectivity index (χ2n) is 8.57. The number of hydrogen-bond acceptors (Lipinski definition) is 5. The summed E-state index contributed by atoms with van der Waals surface area (Å²) in [6.45, 7) is 3.40. The Morgan fingerprint density at radius 1 is 1.12 bits per heavy atom. The fraction of sp³-hybridized carbons (Fsp3) is 0.375. The standard InChI is InChI=1S/C24H26N2O5S/c1-15-18(24(27)28)9-10-21-19-3-2-4-20(19)23(25-22(15)21)16-5-7-17(8-6-16)32(29,30)26-11-13-31-14-12-26/h2-3,5-10,19-20,23,25H,4,11-14H2,1H3,(H,27,28)/t19-,20+,23+/m0/s1. The maximum Gasteiger partial charge on any atom is 0.336 e. The molecule has 1 aliphatic carbocycles. The number of aromatic carboxylic acids is 1. The highest BCUT2D eigenvalue weighted by Crippen LogP contribution is 2.51. The smallest absolute Gasteiger partial charge is 0.336 e. The van der Waals surface area contributed by atoms with Crippen molar-refractivity contribution in [1.29, 1.82) is 0 Å². The molecule has 0 unspecified atom stereocenters. The lowest BCUT2D eigenvalue weighted by atomic mass is 9.76. The minimum absolute atomic E-state index is 0.0367. The Morgan fingerprint density at radius 2 is 1.84 bits per heavy atom. The molecule has 168 valence electrons. The van der Waals surface area contributed by atoms with Crippen LogP contribution in [0.4, 0.5) is 5.69 Å². The Bertz CT molecular complexity index is 1180. The van der Waals surface area contributed by atoms with Gasteiger partial charge >= 0.3 is 5.97 Å². The molecule has 0 radical (unpaired) electrons. The molecule has 2 N–H and O–H groups in total. The molecule has 3 atom stereocenters. The molecule has 7 nitrogen and oxygen atoms in total. The van der Waals surface area contributed by atoms with E-state index in [1.807, 2.05) is 25.1 Å². The van der Waals surface area contributed by atoms with E-state index in [4.69, 9.17) is 4.74 Å². The van der Waals surface area contributed by atoms with Crippen molar-refractivity contribution in [3.63, 3.8) is 0 Å². The normalized spacial score (nSPS) is 25.1. The second kappa shape index (κ2) is 8.03. The highest BCUT2D eigenvalue weighted by atomic mass is 32.2. The van der Waals surface area contributed by atoms with Crippen LogP contribution in [0.5, 0.6) is 0 Å². The van der Waals surface area contributed by atoms with Crippen molar-refractivity contribution in [2.75, 3.05) is 31.6 Å². The summed E-state index contributed by atoms with van der Waals surface area (Å²) in [6, 6.07) is 10.7. The van der Waals surface area contributed by atoms with Crippen LogP contribution in [0.1, 0.15) is 45.4 Å². The SMILES string of the molecule is Cc1c(C(=O)O)ccc2c1N[C@H](c1ccc(S(=O)(=O)N3CCOCC3)cc1)[C@@H]1CC=C[C@H]21. The molecule has 0 spiro atoms. The number of fused-ring (bicyclic) bond motifs is 3. The average molecular weight is 455 g/mol. The van der Waals surface area contributed by atoms with Gasteiger partial charge in [0.2, 0.25) is 10.0 Å². The van der Waals surface area contributed by atoms with Gasteiger partial charge in [0.1, 0.15) is 0 Å². The highest BCUT2D eigenvalue weighted by molar-refractivity contribution is 7.89. The Balaban J connectivity index is 1.48. The number of nitrogens with zero attached hydrogens (tertiary/aromatic N) is 1. The molecular formula is C24H26N2O5S. The molecule has 0 amide bonds. The number of carboxylic acid groups (broad SMARTS) is 1. The first-order valence-corrected chi connectivity index (χ1v) is 12.3. The van der Waals surface area contributed by atoms with Crippen LogP contribution in [0.2, 0.25) is 0 Å². The first-order valence-electron chi connectivity index (χ1n) is 10.9. The number of hydrogen-bond donors (Lipinski definition) is 2. The lowest BCUT2D eigenvalue weighted by Crippen LogP contribution is -2.40. The van der Waals surface area contributed by atoms with Gasteiger partial charge in [0.15, 0.2) is 0 Å². The van der Waals surface area contributed by atoms with Gasteiger partial charge < -0.3 is 15.2 Å². The number of nitrogens with one attached hydrogen (secondary N) is 1. The summed E-state index contributed by atoms with van der Waals surface area (Å²) in [5.74, 6) is -0.445. The molecule has 2 heterocycles. The Labute approximate surface area is 187 Å². The minimum atomic E-state index is -3.54. The molecule has 1 saturated heterocycles. The van der Waals surface area contributed by atoms with Crippen LogP contribution in [-0.4, -0.2) is 50.1 Å². The summed E-state index contributed by atoms with van der Waals surface area (Å²) in [6.07, 6.45) is 5.29. The van der Waals surface area contributed by atoms with E-state index in [0.717, 1.165) is 28.8 Å². The van der Waals surface area contributed by atoms with Gasteiger partial charge in [-0.05, 0) is 54.2 Å². The van der Waals surface area contributed by atoms with Crippen molar-refractivity contribution in [2.45, 2.75) is 30.2 Å². The summed E-state index contributed by atoms with van der Waals surface area (Å²) >= 11 is 0. The van der Waals surface area contributed by atoms with Crippen molar-refractivity contribution >= 4 is 21.7 Å². The van der Waals surface area contributed by atoms with E-state index in [2.05, 4.69) is 17.5 Å². The van der Waals surface area contributed by atoms with Gasteiger partial charge in [-0.2, -0.15) is 4.31 Å². The molecule has 0 bridgehead atoms. The van der Waals surface area contributed by atoms with Crippen molar-refractivity contribution in [3.05, 3.63) is 70.8 Å². The number of morpholine rings is 1. The first-order chi connectivity index (χ1) is 15.4. The largest absolute Gasteiger partial charge is 0.478 e. The van der Waals surface area contributed by atoms with E-state index < -0.39 is 16.0 Å². The molecule has 0 aromatic heterocycles. The third-order valence-corrected chi connectivity index (χ3v) is 8.79. The van der Waals surface area contributed by atoms with E-state index in [-0.39, 0.29) is 16.9 Å². The molecule has 1 fully saturated rings. The molecular weight excluding hydrogens is 428 g/mol. The third kappa shape index (κ3) is 3.43. The number of carboxylic acids is 1. The van der Waals surface area contributed by atoms with Crippen LogP contribution >= 0.6 is 0 Å². The second-order valence-corrected chi connectivity index (χ2v) is 10.5. The fourth-order valence-corrected chi connectivity index (χ4v) is 6.57. The van der Waals surface area contributed by atoms with Gasteiger partial charge in [0, 0.05) is 24.7 Å². The molecule has 2 aliphatic heterocycles. The van der Waals surface area contributed by atoms with Crippen molar-refractivity contribution in [3.8, 4) is 0 Å². The van der Waals surface area contributed by atoms with Gasteiger partial charge in [-0.1, -0.05) is 30.4 Å². The summed E-state index contributed by atoms with van der Waals surface area (Å²) in [7, 11) is -3.54. The van der Waals surface area contributed by atoms with Crippen LogP contribution < -0.4 is 5.32 Å². The van der Waals surface area contributed by atoms with Gasteiger partial charge in [-0.25, -0.2) is 13.2 Å². The zero-order valence-corrected chi connectivity index (χ0v) is 18.6. The molecule has 8 heteroatoms. The maximum atomic E-state index is 13.0. The maximum absolute atomic E-state index is 13.0. The number of allylic oxidation sites excluding steroid dienone is 2. The van der Waals surface area contributed by atoms with Crippen LogP contribution in [0.25, 0.3) is 0 Å². The van der Waals surface area contributed by atoms with Crippen molar-refractivity contribution in [2.24, 2.45) is 5.92 Å². The van der Waals surface area contributed by atoms with E-state index >= 15 is 0 Å². The van der Waals surface area contributed by atoms with Crippen LogP contribution in [0.3, 0.4) is 0 Å². The Hall–Kier alpha value is -2.68. The zero-order chi connectivity index (χ0) is 22.5. The Kier molecular flexibility index (Phi) is 5.31. The number of ether oxygens (including phenoxy) is 1. The molecule has 32 heavy (non-hydrogen) atoms. The number of anilines is 1. The monoisotopic (exact) mass is 454 g/mol. The molecule has 0 saturated carbocycles. The van der Waals surface area contributed by atoms with Crippen LogP contribution in [0.15, 0.2) is 53.4 Å². The van der Waals surface area contributed by atoms with E-state index in [9.17, 15) is 18.3 Å². The average Bonchev–Trinajstić information content (AvgIpc) is 3.30. The predicted molar refractivity (Wildman–Crippen MR) is 121 cm³/mol. The molecule has 5 rings (SSSR count). The van der Waals surface area contributed by atoms with E-state index in [1.54, 1.807) is 18.2 Å². The summed E-state index contributed by atoms with van der Waals surface area (Å²) in [4.78, 5) is 11.9. The third-order valence-electron chi connectivity index (χ3n) is 6.87. The first kappa shape index (κ1) is 21.2. The van der Waals surface area contributed by atoms with Crippen LogP contribution in [-0.2, 0) is 14.8 Å². The van der Waals surface area contributed by atoms with Gasteiger partial charge in [-0.15, -0.1) is 0 Å². The zero-order valence-electron chi connectivity index (χ0n) is 17.8. The van der Waals surface area contributed by atoms with Gasteiger partial charge in [0.05, 0.1) is 29.7 Å². The molecule has 2 aromatic rings. The Morgan fingerprint density at radius 3 is 2.53 bits per heavy atom. The quantitative estimate of drug-likeness (QED) is 0.686. The molecule has 2 aromatic carbocycles. The number of carbonyl (C=O) groups is 1. The highest BCUT2D eigenvalue weighted by Gasteiger charge is 2.39. The summed E-state index contributed by atoms with van der Waals surface area (Å²) < 4.78 is 32.7. The number of benzene rings is 2. The number of sulfonamides is 1. The van der Waals surface area contributed by atoms with Crippen molar-refractivity contribution in [1.82, 2.24) is 4.31 Å². The van der Waals surface area contributed by atoms with Crippen molar-refractivity contribution < 1.29 is 23.1 Å². The summed E-state index contributed by atoms with van der Waals surface area (Å²) in [5.41, 5.74) is 4.00. The topological polar surface area (TPSA) is 95.9 Å². The van der Waals surface area contributed by atoms with Crippen LogP contribution in [0, 0.1) is 12.8 Å².